The van der Waals surface area contributed by atoms with Gasteiger partial charge in [-0.2, -0.15) is 39.0 Å². The Hall–Kier alpha value is -1.54. The summed E-state index contributed by atoms with van der Waals surface area (Å²) in [5.74, 6) is 0. The Balaban J connectivity index is 2.20. The van der Waals surface area contributed by atoms with E-state index < -0.39 is 28.7 Å². The van der Waals surface area contributed by atoms with Gasteiger partial charge in [0.1, 0.15) is 0 Å². The van der Waals surface area contributed by atoms with Crippen molar-refractivity contribution in [2.75, 3.05) is 0 Å². The normalized spacial score (nSPS) is 13.6. The maximum Gasteiger partial charge on any atom is 0.416 e. The predicted molar refractivity (Wildman–Crippen MR) is 86.3 cm³/mol. The van der Waals surface area contributed by atoms with Gasteiger partial charge in [0.25, 0.3) is 0 Å². The lowest BCUT2D eigenvalue weighted by Crippen LogP contribution is -2.09. The third kappa shape index (κ3) is 4.30. The molecule has 24 heavy (non-hydrogen) atoms. The first kappa shape index (κ1) is 18.8. The van der Waals surface area contributed by atoms with Gasteiger partial charge in [0.15, 0.2) is 0 Å². The van der Waals surface area contributed by atoms with Crippen molar-refractivity contribution < 1.29 is 26.3 Å². The second-order valence-corrected chi connectivity index (χ2v) is 5.92. The zero-order valence-corrected chi connectivity index (χ0v) is 13.5. The van der Waals surface area contributed by atoms with Crippen LogP contribution in [0.15, 0.2) is 48.5 Å². The van der Waals surface area contributed by atoms with Crippen LogP contribution in [0.1, 0.15) is 27.5 Å². The molecule has 2 aromatic carbocycles. The highest BCUT2D eigenvalue weighted by atomic mass is 32.1. The van der Waals surface area contributed by atoms with Crippen molar-refractivity contribution in [3.63, 3.8) is 0 Å². The zero-order chi connectivity index (χ0) is 18.1. The maximum absolute atomic E-state index is 12.5. The highest BCUT2D eigenvalue weighted by Crippen LogP contribution is 2.33. The summed E-state index contributed by atoms with van der Waals surface area (Å²) >= 11 is 9.46. The van der Waals surface area contributed by atoms with Crippen molar-refractivity contribution in [3.8, 4) is 0 Å². The van der Waals surface area contributed by atoms with E-state index in [4.69, 9.17) is 12.2 Å². The van der Waals surface area contributed by atoms with Crippen LogP contribution in [-0.4, -0.2) is 4.86 Å². The molecule has 2 rings (SSSR count). The van der Waals surface area contributed by atoms with Crippen LogP contribution in [0.5, 0.6) is 0 Å². The molecule has 0 saturated heterocycles. The summed E-state index contributed by atoms with van der Waals surface area (Å²) in [6.07, 6.45) is -8.90. The lowest BCUT2D eigenvalue weighted by atomic mass is 10.0. The molecule has 0 aliphatic carbocycles. The molecule has 0 aliphatic rings. The Kier molecular flexibility index (Phi) is 5.29. The van der Waals surface area contributed by atoms with E-state index in [-0.39, 0.29) is 4.86 Å². The third-order valence-electron chi connectivity index (χ3n) is 3.30. The number of rotatable bonds is 3. The first-order valence-electron chi connectivity index (χ1n) is 6.57. The second kappa shape index (κ2) is 6.76. The average Bonchev–Trinajstić information content (AvgIpc) is 2.52. The molecule has 0 heterocycles. The van der Waals surface area contributed by atoms with E-state index in [0.717, 1.165) is 24.3 Å². The Morgan fingerprint density at radius 3 is 1.50 bits per heavy atom. The summed E-state index contributed by atoms with van der Waals surface area (Å²) < 4.78 is 75.2. The molecular formula is C16H10F6S2. The molecule has 1 unspecified atom stereocenters. The monoisotopic (exact) mass is 380 g/mol. The Morgan fingerprint density at radius 1 is 0.750 bits per heavy atom. The summed E-state index contributed by atoms with van der Waals surface area (Å²) in [7, 11) is 0. The summed E-state index contributed by atoms with van der Waals surface area (Å²) in [4.78, 5) is 0.229. The summed E-state index contributed by atoms with van der Waals surface area (Å²) in [6, 6.07) is 8.55. The van der Waals surface area contributed by atoms with Crippen LogP contribution in [0.4, 0.5) is 26.3 Å². The SMILES string of the molecule is FC(F)(F)c1ccc(C(=S)C(S)c2ccc(C(F)(F)F)cc2)cc1. The molecule has 128 valence electrons. The molecule has 0 bridgehead atoms. The van der Waals surface area contributed by atoms with Crippen LogP contribution in [0, 0.1) is 0 Å². The summed E-state index contributed by atoms with van der Waals surface area (Å²) in [5.41, 5.74) is -0.819. The molecule has 1 atom stereocenters. The van der Waals surface area contributed by atoms with Crippen LogP contribution in [-0.2, 0) is 12.4 Å². The molecular weight excluding hydrogens is 370 g/mol. The van der Waals surface area contributed by atoms with Gasteiger partial charge in [-0.3, -0.25) is 0 Å². The highest BCUT2D eigenvalue weighted by Gasteiger charge is 2.31. The first-order valence-corrected chi connectivity index (χ1v) is 7.49. The topological polar surface area (TPSA) is 0 Å². The number of thiol groups is 1. The number of thiocarbonyl (C=S) groups is 1. The van der Waals surface area contributed by atoms with Crippen molar-refractivity contribution >= 4 is 29.7 Å². The number of halogens is 6. The minimum absolute atomic E-state index is 0.229. The van der Waals surface area contributed by atoms with Gasteiger partial charge >= 0.3 is 12.4 Å². The van der Waals surface area contributed by atoms with Gasteiger partial charge in [-0.05, 0) is 35.4 Å². The Morgan fingerprint density at radius 2 is 1.12 bits per heavy atom. The number of hydrogen-bond acceptors (Lipinski definition) is 2. The standard InChI is InChI=1S/C16H10F6S2/c17-15(18,19)11-5-1-9(2-6-11)13(23)14(24)10-3-7-12(8-4-10)16(20,21)22/h1-8,13,23H. The Bertz CT molecular complexity index is 714. The van der Waals surface area contributed by atoms with E-state index in [1.807, 2.05) is 0 Å². The fraction of sp³-hybridized carbons (Fsp3) is 0.188. The fourth-order valence-corrected chi connectivity index (χ4v) is 2.58. The molecule has 0 aromatic heterocycles. The number of hydrogen-bond donors (Lipinski definition) is 1. The molecule has 0 amide bonds. The van der Waals surface area contributed by atoms with Gasteiger partial charge in [0.05, 0.1) is 16.4 Å². The van der Waals surface area contributed by atoms with Crippen molar-refractivity contribution in [3.05, 3.63) is 70.8 Å². The largest absolute Gasteiger partial charge is 0.416 e. The number of benzene rings is 2. The van der Waals surface area contributed by atoms with E-state index in [0.29, 0.717) is 11.1 Å². The third-order valence-corrected chi connectivity index (χ3v) is 4.50. The van der Waals surface area contributed by atoms with Crippen LogP contribution in [0.2, 0.25) is 0 Å². The van der Waals surface area contributed by atoms with Gasteiger partial charge in [0, 0.05) is 4.86 Å². The quantitative estimate of drug-likeness (QED) is 0.290. The molecule has 8 heteroatoms. The fourth-order valence-electron chi connectivity index (χ4n) is 1.99. The van der Waals surface area contributed by atoms with Crippen molar-refractivity contribution in [1.82, 2.24) is 0 Å². The molecule has 0 saturated carbocycles. The van der Waals surface area contributed by atoms with Gasteiger partial charge in [-0.1, -0.05) is 36.5 Å². The summed E-state index contributed by atoms with van der Waals surface area (Å²) in [5, 5.41) is -0.709. The van der Waals surface area contributed by atoms with Crippen molar-refractivity contribution in [2.45, 2.75) is 17.6 Å². The molecule has 0 spiro atoms. The zero-order valence-electron chi connectivity index (χ0n) is 11.8. The van der Waals surface area contributed by atoms with Crippen LogP contribution >= 0.6 is 24.8 Å². The van der Waals surface area contributed by atoms with Gasteiger partial charge in [-0.15, -0.1) is 0 Å². The second-order valence-electron chi connectivity index (χ2n) is 4.96. The minimum Gasteiger partial charge on any atom is -0.166 e. The lowest BCUT2D eigenvalue weighted by molar-refractivity contribution is -0.138. The van der Waals surface area contributed by atoms with Gasteiger partial charge in [0.2, 0.25) is 0 Å². The van der Waals surface area contributed by atoms with Crippen LogP contribution < -0.4 is 0 Å². The smallest absolute Gasteiger partial charge is 0.166 e. The molecule has 0 fully saturated rings. The Labute approximate surface area is 144 Å². The molecule has 0 N–H and O–H groups in total. The van der Waals surface area contributed by atoms with Crippen LogP contribution in [0.25, 0.3) is 0 Å². The van der Waals surface area contributed by atoms with E-state index in [1.165, 1.54) is 24.3 Å². The molecule has 2 aromatic rings. The van der Waals surface area contributed by atoms with Crippen molar-refractivity contribution in [1.29, 1.82) is 0 Å². The van der Waals surface area contributed by atoms with Crippen LogP contribution in [0.3, 0.4) is 0 Å². The van der Waals surface area contributed by atoms with E-state index in [2.05, 4.69) is 12.6 Å². The molecule has 0 radical (unpaired) electrons. The highest BCUT2D eigenvalue weighted by molar-refractivity contribution is 7.86. The maximum atomic E-state index is 12.5. The number of alkyl halides is 6. The average molecular weight is 380 g/mol. The van der Waals surface area contributed by atoms with Gasteiger partial charge in [-0.25, -0.2) is 0 Å². The van der Waals surface area contributed by atoms with Gasteiger partial charge < -0.3 is 0 Å². The van der Waals surface area contributed by atoms with E-state index in [1.54, 1.807) is 0 Å². The lowest BCUT2D eigenvalue weighted by Gasteiger charge is -2.15. The van der Waals surface area contributed by atoms with Crippen molar-refractivity contribution in [2.24, 2.45) is 0 Å². The summed E-state index contributed by atoms with van der Waals surface area (Å²) in [6.45, 7) is 0. The molecule has 0 aliphatic heterocycles. The van der Waals surface area contributed by atoms with E-state index in [9.17, 15) is 26.3 Å². The predicted octanol–water partition coefficient (Wildman–Crippen LogP) is 6.11. The van der Waals surface area contributed by atoms with E-state index >= 15 is 0 Å². The minimum atomic E-state index is -4.45. The molecule has 0 nitrogen and oxygen atoms in total. The first-order chi connectivity index (χ1) is 11.0.